The molecule has 27 heavy (non-hydrogen) atoms. The Morgan fingerprint density at radius 1 is 1.11 bits per heavy atom. The minimum absolute atomic E-state index is 0.0489. The third-order valence-corrected chi connectivity index (χ3v) is 9.76. The molecule has 150 valence electrons. The average molecular weight is 375 g/mol. The molecule has 8 unspecified atom stereocenters. The van der Waals surface area contributed by atoms with Crippen LogP contribution in [0.5, 0.6) is 0 Å². The first-order valence-electron chi connectivity index (χ1n) is 11.1. The van der Waals surface area contributed by atoms with Crippen LogP contribution in [0.3, 0.4) is 0 Å². The first-order chi connectivity index (χ1) is 13.0. The number of carbonyl (C=O) groups excluding carboxylic acids is 1. The summed E-state index contributed by atoms with van der Waals surface area (Å²) in [5, 5.41) is 20.7. The van der Waals surface area contributed by atoms with Crippen molar-refractivity contribution in [2.75, 3.05) is 13.2 Å². The molecule has 5 rings (SSSR count). The molecular weight excluding hydrogens is 340 g/mol. The largest absolute Gasteiger partial charge is 0.458 e. The zero-order valence-corrected chi connectivity index (χ0v) is 16.5. The Labute approximate surface area is 162 Å². The molecule has 0 aromatic carbocycles. The van der Waals surface area contributed by atoms with Crippen molar-refractivity contribution in [3.8, 4) is 0 Å². The van der Waals surface area contributed by atoms with Gasteiger partial charge >= 0.3 is 5.97 Å². The second-order valence-electron chi connectivity index (χ2n) is 10.5. The van der Waals surface area contributed by atoms with Crippen LogP contribution >= 0.6 is 0 Å². The van der Waals surface area contributed by atoms with Gasteiger partial charge in [0.05, 0.1) is 6.10 Å². The van der Waals surface area contributed by atoms with Gasteiger partial charge in [-0.1, -0.05) is 6.92 Å². The highest BCUT2D eigenvalue weighted by Crippen LogP contribution is 2.68. The summed E-state index contributed by atoms with van der Waals surface area (Å²) in [6, 6.07) is 0. The van der Waals surface area contributed by atoms with Crippen LogP contribution in [0.4, 0.5) is 0 Å². The van der Waals surface area contributed by atoms with Gasteiger partial charge < -0.3 is 14.9 Å². The number of esters is 1. The second kappa shape index (κ2) is 6.32. The van der Waals surface area contributed by atoms with Crippen LogP contribution in [-0.2, 0) is 9.53 Å². The molecule has 1 heterocycles. The van der Waals surface area contributed by atoms with Crippen molar-refractivity contribution in [3.05, 3.63) is 11.6 Å². The van der Waals surface area contributed by atoms with E-state index >= 15 is 0 Å². The van der Waals surface area contributed by atoms with Crippen molar-refractivity contribution >= 4 is 5.97 Å². The van der Waals surface area contributed by atoms with Crippen LogP contribution in [0.15, 0.2) is 11.6 Å². The zero-order chi connectivity index (χ0) is 18.8. The molecule has 0 radical (unpaired) electrons. The normalized spacial score (nSPS) is 51.8. The highest BCUT2D eigenvalue weighted by Gasteiger charge is 2.61. The highest BCUT2D eigenvalue weighted by atomic mass is 16.5. The van der Waals surface area contributed by atoms with E-state index in [0.29, 0.717) is 42.8 Å². The molecule has 5 aliphatic rings. The molecule has 0 spiro atoms. The number of cyclic esters (lactones) is 1. The van der Waals surface area contributed by atoms with Crippen molar-refractivity contribution in [2.24, 2.45) is 40.4 Å². The Kier molecular flexibility index (Phi) is 4.25. The van der Waals surface area contributed by atoms with Crippen LogP contribution in [0.2, 0.25) is 0 Å². The predicted octanol–water partition coefficient (Wildman–Crippen LogP) is 3.46. The van der Waals surface area contributed by atoms with Crippen LogP contribution < -0.4 is 0 Å². The molecule has 4 aliphatic carbocycles. The number of aliphatic hydroxyl groups excluding tert-OH is 2. The quantitative estimate of drug-likeness (QED) is 0.727. The van der Waals surface area contributed by atoms with Crippen LogP contribution in [0.1, 0.15) is 64.7 Å². The summed E-state index contributed by atoms with van der Waals surface area (Å²) < 4.78 is 5.24. The average Bonchev–Trinajstić information content (AvgIpc) is 3.23. The number of fused-ring (bicyclic) bond motifs is 5. The smallest absolute Gasteiger partial charge is 0.331 e. The fourth-order valence-electron chi connectivity index (χ4n) is 8.54. The first kappa shape index (κ1) is 18.2. The predicted molar refractivity (Wildman–Crippen MR) is 102 cm³/mol. The molecule has 2 N–H and O–H groups in total. The third-order valence-electron chi connectivity index (χ3n) is 9.76. The van der Waals surface area contributed by atoms with Crippen molar-refractivity contribution in [3.63, 3.8) is 0 Å². The molecule has 0 aromatic heterocycles. The fourth-order valence-corrected chi connectivity index (χ4v) is 8.54. The summed E-state index contributed by atoms with van der Waals surface area (Å²) in [5.74, 6) is 2.84. The molecule has 0 bridgehead atoms. The van der Waals surface area contributed by atoms with Gasteiger partial charge in [0.2, 0.25) is 0 Å². The SMILES string of the molecule is CC12CCC3C(CCC4CC(O)CCC43CO)C1CCC2C1=CC(=O)OC1. The summed E-state index contributed by atoms with van der Waals surface area (Å²) in [6.07, 6.45) is 11.6. The second-order valence-corrected chi connectivity index (χ2v) is 10.5. The number of ether oxygens (including phenoxy) is 1. The summed E-state index contributed by atoms with van der Waals surface area (Å²) in [4.78, 5) is 11.6. The number of carbonyl (C=O) groups is 1. The van der Waals surface area contributed by atoms with E-state index < -0.39 is 0 Å². The maximum Gasteiger partial charge on any atom is 0.331 e. The molecule has 4 saturated carbocycles. The Morgan fingerprint density at radius 3 is 2.70 bits per heavy atom. The van der Waals surface area contributed by atoms with Crippen molar-refractivity contribution in [2.45, 2.75) is 70.8 Å². The fraction of sp³-hybridized carbons (Fsp3) is 0.870. The Morgan fingerprint density at radius 2 is 1.96 bits per heavy atom. The van der Waals surface area contributed by atoms with E-state index in [9.17, 15) is 15.0 Å². The van der Waals surface area contributed by atoms with Gasteiger partial charge in [-0.3, -0.25) is 0 Å². The lowest BCUT2D eigenvalue weighted by molar-refractivity contribution is -0.152. The van der Waals surface area contributed by atoms with Gasteiger partial charge in [-0.15, -0.1) is 0 Å². The maximum atomic E-state index is 11.6. The molecule has 4 fully saturated rings. The third kappa shape index (κ3) is 2.51. The lowest BCUT2D eigenvalue weighted by Crippen LogP contribution is -2.56. The molecule has 8 atom stereocenters. The molecule has 0 aromatic rings. The number of rotatable bonds is 2. The Hall–Kier alpha value is -0.870. The lowest BCUT2D eigenvalue weighted by atomic mass is 9.44. The minimum Gasteiger partial charge on any atom is -0.458 e. The molecule has 4 heteroatoms. The van der Waals surface area contributed by atoms with Gasteiger partial charge in [0.1, 0.15) is 6.61 Å². The van der Waals surface area contributed by atoms with E-state index in [4.69, 9.17) is 4.74 Å². The summed E-state index contributed by atoms with van der Waals surface area (Å²) in [7, 11) is 0. The summed E-state index contributed by atoms with van der Waals surface area (Å²) >= 11 is 0. The molecule has 4 nitrogen and oxygen atoms in total. The molecular formula is C23H34O4. The molecule has 1 aliphatic heterocycles. The van der Waals surface area contributed by atoms with Gasteiger partial charge in [-0.2, -0.15) is 0 Å². The van der Waals surface area contributed by atoms with E-state index in [0.717, 1.165) is 19.3 Å². The van der Waals surface area contributed by atoms with Crippen molar-refractivity contribution < 1.29 is 19.7 Å². The monoisotopic (exact) mass is 374 g/mol. The molecule has 0 amide bonds. The maximum absolute atomic E-state index is 11.6. The van der Waals surface area contributed by atoms with E-state index in [2.05, 4.69) is 6.92 Å². The number of aliphatic hydroxyl groups is 2. The van der Waals surface area contributed by atoms with Crippen LogP contribution in [-0.4, -0.2) is 35.5 Å². The van der Waals surface area contributed by atoms with Gasteiger partial charge in [0.15, 0.2) is 0 Å². The Balaban J connectivity index is 1.43. The van der Waals surface area contributed by atoms with Gasteiger partial charge in [0, 0.05) is 12.7 Å². The highest BCUT2D eigenvalue weighted by molar-refractivity contribution is 5.85. The standard InChI is InChI=1S/C23H34O4/c1-22-8-7-20-17(3-2-15-11-16(25)6-9-23(15,20)13-24)19(22)5-4-18(22)14-10-21(26)27-12-14/h10,15-20,24-25H,2-9,11-13H2,1H3. The van der Waals surface area contributed by atoms with E-state index in [1.54, 1.807) is 6.08 Å². The van der Waals surface area contributed by atoms with Gasteiger partial charge in [-0.25, -0.2) is 4.79 Å². The number of hydrogen-bond acceptors (Lipinski definition) is 4. The van der Waals surface area contributed by atoms with Gasteiger partial charge in [-0.05, 0) is 104 Å². The van der Waals surface area contributed by atoms with Crippen molar-refractivity contribution in [1.82, 2.24) is 0 Å². The number of hydrogen-bond donors (Lipinski definition) is 2. The summed E-state index contributed by atoms with van der Waals surface area (Å²) in [5.41, 5.74) is 1.56. The lowest BCUT2D eigenvalue weighted by Gasteiger charge is -2.61. The zero-order valence-electron chi connectivity index (χ0n) is 16.5. The molecule has 0 saturated heterocycles. The van der Waals surface area contributed by atoms with Crippen LogP contribution in [0.25, 0.3) is 0 Å². The minimum atomic E-state index is -0.164. The van der Waals surface area contributed by atoms with Crippen molar-refractivity contribution in [1.29, 1.82) is 0 Å². The van der Waals surface area contributed by atoms with E-state index in [1.807, 2.05) is 0 Å². The van der Waals surface area contributed by atoms with Crippen LogP contribution in [0, 0.1) is 40.4 Å². The summed E-state index contributed by atoms with van der Waals surface area (Å²) in [6.45, 7) is 3.27. The topological polar surface area (TPSA) is 66.8 Å². The first-order valence-corrected chi connectivity index (χ1v) is 11.1. The Bertz CT molecular complexity index is 657. The van der Waals surface area contributed by atoms with E-state index in [-0.39, 0.29) is 22.9 Å². The van der Waals surface area contributed by atoms with E-state index in [1.165, 1.54) is 44.1 Å². The van der Waals surface area contributed by atoms with Gasteiger partial charge in [0.25, 0.3) is 0 Å².